The molecule has 118 valence electrons. The number of aliphatic carboxylic acids is 1. The molecule has 0 aromatic carbocycles. The Morgan fingerprint density at radius 1 is 1.43 bits per heavy atom. The quantitative estimate of drug-likeness (QED) is 0.921. The Morgan fingerprint density at radius 3 is 2.67 bits per heavy atom. The van der Waals surface area contributed by atoms with Crippen molar-refractivity contribution in [2.45, 2.75) is 52.6 Å². The maximum absolute atomic E-state index is 11.6. The summed E-state index contributed by atoms with van der Waals surface area (Å²) in [6, 6.07) is 3.89. The molecule has 4 nitrogen and oxygen atoms in total. The Hall–Kier alpha value is -1.29. The van der Waals surface area contributed by atoms with Gasteiger partial charge in [0.1, 0.15) is 5.76 Å². The van der Waals surface area contributed by atoms with Crippen molar-refractivity contribution < 1.29 is 14.3 Å². The number of hydrogen-bond donors (Lipinski definition) is 1. The van der Waals surface area contributed by atoms with Gasteiger partial charge in [0.25, 0.3) is 0 Å². The third-order valence-corrected chi connectivity index (χ3v) is 4.91. The van der Waals surface area contributed by atoms with E-state index in [9.17, 15) is 9.90 Å². The normalized spacial score (nSPS) is 27.0. The van der Waals surface area contributed by atoms with Crippen LogP contribution in [-0.4, -0.2) is 29.1 Å². The number of nitrogens with zero attached hydrogens (tertiary/aromatic N) is 1. The second-order valence-electron chi connectivity index (χ2n) is 7.38. The number of rotatable bonds is 4. The van der Waals surface area contributed by atoms with Crippen molar-refractivity contribution in [3.8, 4) is 0 Å². The van der Waals surface area contributed by atoms with E-state index in [0.29, 0.717) is 12.5 Å². The van der Waals surface area contributed by atoms with Gasteiger partial charge in [0.2, 0.25) is 0 Å². The summed E-state index contributed by atoms with van der Waals surface area (Å²) >= 11 is 0. The van der Waals surface area contributed by atoms with Gasteiger partial charge in [-0.05, 0) is 49.8 Å². The van der Waals surface area contributed by atoms with Gasteiger partial charge in [-0.2, -0.15) is 0 Å². The minimum atomic E-state index is -0.668. The lowest BCUT2D eigenvalue weighted by Gasteiger charge is -2.43. The highest BCUT2D eigenvalue weighted by Gasteiger charge is 2.40. The van der Waals surface area contributed by atoms with Crippen molar-refractivity contribution in [2.24, 2.45) is 17.3 Å². The van der Waals surface area contributed by atoms with Gasteiger partial charge in [0, 0.05) is 6.04 Å². The van der Waals surface area contributed by atoms with Crippen LogP contribution in [0.25, 0.3) is 0 Å². The monoisotopic (exact) mass is 293 g/mol. The summed E-state index contributed by atoms with van der Waals surface area (Å²) in [4.78, 5) is 13.7. The molecular formula is C17H27NO3. The summed E-state index contributed by atoms with van der Waals surface area (Å²) in [6.07, 6.45) is 4.38. The third kappa shape index (κ3) is 3.88. The summed E-state index contributed by atoms with van der Waals surface area (Å²) < 4.78 is 5.40. The van der Waals surface area contributed by atoms with E-state index in [2.05, 4.69) is 25.7 Å². The van der Waals surface area contributed by atoms with Crippen LogP contribution >= 0.6 is 0 Å². The van der Waals surface area contributed by atoms with Crippen LogP contribution in [0.3, 0.4) is 0 Å². The average Bonchev–Trinajstić information content (AvgIpc) is 2.89. The Kier molecular flexibility index (Phi) is 4.77. The first kappa shape index (κ1) is 16.1. The van der Waals surface area contributed by atoms with E-state index >= 15 is 0 Å². The number of furan rings is 1. The van der Waals surface area contributed by atoms with Crippen LogP contribution in [0.15, 0.2) is 22.8 Å². The van der Waals surface area contributed by atoms with Crippen LogP contribution in [0.2, 0.25) is 0 Å². The van der Waals surface area contributed by atoms with Crippen molar-refractivity contribution in [1.29, 1.82) is 0 Å². The van der Waals surface area contributed by atoms with Gasteiger partial charge in [0.15, 0.2) is 0 Å². The molecule has 1 heterocycles. The van der Waals surface area contributed by atoms with Crippen molar-refractivity contribution in [2.75, 3.05) is 7.05 Å². The first-order valence-corrected chi connectivity index (χ1v) is 7.74. The van der Waals surface area contributed by atoms with Crippen LogP contribution in [0, 0.1) is 17.3 Å². The van der Waals surface area contributed by atoms with E-state index in [1.807, 2.05) is 19.2 Å². The lowest BCUT2D eigenvalue weighted by molar-refractivity contribution is -0.146. The number of hydrogen-bond acceptors (Lipinski definition) is 3. The zero-order valence-corrected chi connectivity index (χ0v) is 13.5. The maximum Gasteiger partial charge on any atom is 0.308 e. The second-order valence-corrected chi connectivity index (χ2v) is 7.38. The molecule has 0 saturated heterocycles. The fourth-order valence-corrected chi connectivity index (χ4v) is 3.47. The van der Waals surface area contributed by atoms with Gasteiger partial charge < -0.3 is 9.52 Å². The van der Waals surface area contributed by atoms with Crippen molar-refractivity contribution in [1.82, 2.24) is 4.90 Å². The Balaban J connectivity index is 2.11. The Bertz CT molecular complexity index is 461. The van der Waals surface area contributed by atoms with Gasteiger partial charge in [-0.15, -0.1) is 0 Å². The van der Waals surface area contributed by atoms with Gasteiger partial charge in [-0.1, -0.05) is 20.8 Å². The fourth-order valence-electron chi connectivity index (χ4n) is 3.47. The Labute approximate surface area is 127 Å². The van der Waals surface area contributed by atoms with Crippen molar-refractivity contribution in [3.05, 3.63) is 24.2 Å². The summed E-state index contributed by atoms with van der Waals surface area (Å²) in [5.41, 5.74) is 0.229. The van der Waals surface area contributed by atoms with Crippen molar-refractivity contribution >= 4 is 5.97 Å². The predicted molar refractivity (Wildman–Crippen MR) is 81.9 cm³/mol. The molecule has 1 N–H and O–H groups in total. The molecule has 0 spiro atoms. The van der Waals surface area contributed by atoms with E-state index in [4.69, 9.17) is 4.42 Å². The highest BCUT2D eigenvalue weighted by molar-refractivity contribution is 5.71. The molecule has 1 aromatic rings. The number of carbonyl (C=O) groups is 1. The van der Waals surface area contributed by atoms with Gasteiger partial charge >= 0.3 is 5.97 Å². The predicted octanol–water partition coefficient (Wildman–Crippen LogP) is 3.63. The first-order valence-electron chi connectivity index (χ1n) is 7.74. The molecule has 1 fully saturated rings. The average molecular weight is 293 g/mol. The van der Waals surface area contributed by atoms with Gasteiger partial charge in [0.05, 0.1) is 18.7 Å². The summed E-state index contributed by atoms with van der Waals surface area (Å²) in [5, 5.41) is 9.52. The molecule has 1 aliphatic rings. The summed E-state index contributed by atoms with van der Waals surface area (Å²) in [5.74, 6) is 0.513. The molecule has 1 aliphatic carbocycles. The molecule has 0 radical (unpaired) electrons. The number of carboxylic acid groups (broad SMARTS) is 1. The van der Waals surface area contributed by atoms with Gasteiger partial charge in [-0.3, -0.25) is 9.69 Å². The highest BCUT2D eigenvalue weighted by Crippen LogP contribution is 2.41. The zero-order valence-electron chi connectivity index (χ0n) is 13.5. The van der Waals surface area contributed by atoms with E-state index in [1.165, 1.54) is 0 Å². The van der Waals surface area contributed by atoms with E-state index in [-0.39, 0.29) is 17.4 Å². The SMILES string of the molecule is CN(Cc1ccco1)C1CC(C(C)(C)C)CCC1C(=O)O. The molecule has 0 amide bonds. The lowest BCUT2D eigenvalue weighted by atomic mass is 9.67. The molecular weight excluding hydrogens is 266 g/mol. The van der Waals surface area contributed by atoms with E-state index in [1.54, 1.807) is 6.26 Å². The largest absolute Gasteiger partial charge is 0.481 e. The molecule has 1 aromatic heterocycles. The molecule has 1 saturated carbocycles. The second kappa shape index (κ2) is 6.22. The third-order valence-electron chi connectivity index (χ3n) is 4.91. The molecule has 0 aliphatic heterocycles. The molecule has 3 unspecified atom stereocenters. The Morgan fingerprint density at radius 2 is 2.14 bits per heavy atom. The smallest absolute Gasteiger partial charge is 0.308 e. The topological polar surface area (TPSA) is 53.7 Å². The van der Waals surface area contributed by atoms with E-state index < -0.39 is 5.97 Å². The maximum atomic E-state index is 11.6. The zero-order chi connectivity index (χ0) is 15.6. The van der Waals surface area contributed by atoms with Gasteiger partial charge in [-0.25, -0.2) is 0 Å². The molecule has 2 rings (SSSR count). The van der Waals surface area contributed by atoms with Crippen LogP contribution in [0.1, 0.15) is 45.8 Å². The van der Waals surface area contributed by atoms with E-state index in [0.717, 1.165) is 25.0 Å². The van der Waals surface area contributed by atoms with Crippen molar-refractivity contribution in [3.63, 3.8) is 0 Å². The van der Waals surface area contributed by atoms with Crippen LogP contribution in [0.5, 0.6) is 0 Å². The molecule has 3 atom stereocenters. The van der Waals surface area contributed by atoms with Crippen LogP contribution in [0.4, 0.5) is 0 Å². The lowest BCUT2D eigenvalue weighted by Crippen LogP contribution is -2.47. The standard InChI is InChI=1S/C17H27NO3/c1-17(2,3)12-7-8-14(16(19)20)15(10-12)18(4)11-13-6-5-9-21-13/h5-6,9,12,14-15H,7-8,10-11H2,1-4H3,(H,19,20). The summed E-state index contributed by atoms with van der Waals surface area (Å²) in [7, 11) is 2.01. The molecule has 4 heteroatoms. The minimum absolute atomic E-state index is 0.0746. The fraction of sp³-hybridized carbons (Fsp3) is 0.706. The molecule has 21 heavy (non-hydrogen) atoms. The van der Waals surface area contributed by atoms with Crippen LogP contribution in [-0.2, 0) is 11.3 Å². The summed E-state index contributed by atoms with van der Waals surface area (Å²) in [6.45, 7) is 7.42. The first-order chi connectivity index (χ1) is 9.79. The highest BCUT2D eigenvalue weighted by atomic mass is 16.4. The van der Waals surface area contributed by atoms with Crippen LogP contribution < -0.4 is 0 Å². The molecule has 0 bridgehead atoms. The minimum Gasteiger partial charge on any atom is -0.481 e. The number of carboxylic acids is 1.